The summed E-state index contributed by atoms with van der Waals surface area (Å²) in [5.74, 6) is -1.55. The molecule has 1 atom stereocenters. The van der Waals surface area contributed by atoms with Crippen molar-refractivity contribution in [1.29, 1.82) is 0 Å². The van der Waals surface area contributed by atoms with Gasteiger partial charge in [0, 0.05) is 24.0 Å². The van der Waals surface area contributed by atoms with Crippen molar-refractivity contribution in [2.75, 3.05) is 6.54 Å². The van der Waals surface area contributed by atoms with Crippen LogP contribution in [0.5, 0.6) is 0 Å². The number of halogens is 2. The van der Waals surface area contributed by atoms with Gasteiger partial charge < -0.3 is 9.88 Å². The lowest BCUT2D eigenvalue weighted by Crippen LogP contribution is -2.23. The first-order valence-electron chi connectivity index (χ1n) is 6.09. The highest BCUT2D eigenvalue weighted by molar-refractivity contribution is 5.31. The maximum absolute atomic E-state index is 13.9. The zero-order valence-corrected chi connectivity index (χ0v) is 9.87. The SMILES string of the molecule is Fc1cccc(C2NCCCn3cccc32)c1F. The molecule has 1 unspecified atom stereocenters. The van der Waals surface area contributed by atoms with Crippen LogP contribution in [0.15, 0.2) is 36.5 Å². The van der Waals surface area contributed by atoms with E-state index in [9.17, 15) is 8.78 Å². The van der Waals surface area contributed by atoms with Crippen molar-refractivity contribution in [3.8, 4) is 0 Å². The minimum Gasteiger partial charge on any atom is -0.350 e. The minimum atomic E-state index is -0.795. The zero-order chi connectivity index (χ0) is 12.5. The predicted octanol–water partition coefficient (Wildman–Crippen LogP) is 2.85. The normalized spacial score (nSPS) is 19.3. The van der Waals surface area contributed by atoms with Crippen LogP contribution in [-0.2, 0) is 6.54 Å². The van der Waals surface area contributed by atoms with Gasteiger partial charge in [-0.25, -0.2) is 8.78 Å². The standard InChI is InChI=1S/C14H14F2N2/c15-11-5-1-4-10(13(11)16)14-12-6-2-8-18(12)9-3-7-17-14/h1-2,4-6,8,14,17H,3,7,9H2. The van der Waals surface area contributed by atoms with Crippen molar-refractivity contribution in [2.24, 2.45) is 0 Å². The molecule has 1 N–H and O–H groups in total. The van der Waals surface area contributed by atoms with E-state index in [1.165, 1.54) is 0 Å². The Hall–Kier alpha value is -1.68. The summed E-state index contributed by atoms with van der Waals surface area (Å²) in [5.41, 5.74) is 1.36. The highest BCUT2D eigenvalue weighted by atomic mass is 19.2. The molecule has 18 heavy (non-hydrogen) atoms. The fourth-order valence-corrected chi connectivity index (χ4v) is 2.51. The van der Waals surface area contributed by atoms with Crippen molar-refractivity contribution in [2.45, 2.75) is 19.0 Å². The molecule has 0 radical (unpaired) electrons. The summed E-state index contributed by atoms with van der Waals surface area (Å²) in [6, 6.07) is 7.94. The fourth-order valence-electron chi connectivity index (χ4n) is 2.51. The zero-order valence-electron chi connectivity index (χ0n) is 9.87. The molecule has 0 aliphatic carbocycles. The van der Waals surface area contributed by atoms with Gasteiger partial charge in [-0.3, -0.25) is 0 Å². The van der Waals surface area contributed by atoms with Gasteiger partial charge in [0.15, 0.2) is 11.6 Å². The Kier molecular flexibility index (Phi) is 2.88. The number of aromatic nitrogens is 1. The molecular formula is C14H14F2N2. The molecule has 94 valence electrons. The lowest BCUT2D eigenvalue weighted by atomic mass is 10.0. The number of hydrogen-bond donors (Lipinski definition) is 1. The Morgan fingerprint density at radius 1 is 1.17 bits per heavy atom. The highest BCUT2D eigenvalue weighted by Crippen LogP contribution is 2.27. The third-order valence-corrected chi connectivity index (χ3v) is 3.38. The van der Waals surface area contributed by atoms with Crippen molar-refractivity contribution in [1.82, 2.24) is 9.88 Å². The van der Waals surface area contributed by atoms with Gasteiger partial charge in [-0.15, -0.1) is 0 Å². The molecule has 0 amide bonds. The molecule has 2 aromatic rings. The lowest BCUT2D eigenvalue weighted by molar-refractivity contribution is 0.481. The maximum Gasteiger partial charge on any atom is 0.163 e. The third kappa shape index (κ3) is 1.82. The van der Waals surface area contributed by atoms with E-state index in [-0.39, 0.29) is 6.04 Å². The highest BCUT2D eigenvalue weighted by Gasteiger charge is 2.23. The summed E-state index contributed by atoms with van der Waals surface area (Å²) in [4.78, 5) is 0. The van der Waals surface area contributed by atoms with Gasteiger partial charge >= 0.3 is 0 Å². The Balaban J connectivity index is 2.09. The minimum absolute atomic E-state index is 0.279. The number of fused-ring (bicyclic) bond motifs is 1. The van der Waals surface area contributed by atoms with E-state index in [1.54, 1.807) is 12.1 Å². The van der Waals surface area contributed by atoms with Crippen LogP contribution in [0, 0.1) is 11.6 Å². The van der Waals surface area contributed by atoms with Gasteiger partial charge in [-0.2, -0.15) is 0 Å². The molecule has 2 heterocycles. The first-order valence-corrected chi connectivity index (χ1v) is 6.09. The van der Waals surface area contributed by atoms with Crippen molar-refractivity contribution < 1.29 is 8.78 Å². The number of nitrogens with zero attached hydrogens (tertiary/aromatic N) is 1. The van der Waals surface area contributed by atoms with Crippen LogP contribution in [0.2, 0.25) is 0 Å². The fraction of sp³-hybridized carbons (Fsp3) is 0.286. The van der Waals surface area contributed by atoms with E-state index in [0.29, 0.717) is 5.56 Å². The Bertz CT molecular complexity index is 563. The first-order chi connectivity index (χ1) is 8.77. The van der Waals surface area contributed by atoms with Crippen LogP contribution < -0.4 is 5.32 Å². The molecule has 4 heteroatoms. The van der Waals surface area contributed by atoms with Gasteiger partial charge in [0.1, 0.15) is 0 Å². The van der Waals surface area contributed by atoms with E-state index >= 15 is 0 Å². The average molecular weight is 248 g/mol. The number of hydrogen-bond acceptors (Lipinski definition) is 1. The Morgan fingerprint density at radius 2 is 2.06 bits per heavy atom. The Labute approximate surface area is 104 Å². The van der Waals surface area contributed by atoms with E-state index in [1.807, 2.05) is 18.3 Å². The second-order valence-electron chi connectivity index (χ2n) is 4.51. The van der Waals surface area contributed by atoms with Crippen LogP contribution in [0.4, 0.5) is 8.78 Å². The van der Waals surface area contributed by atoms with E-state index < -0.39 is 11.6 Å². The van der Waals surface area contributed by atoms with Crippen molar-refractivity contribution in [3.05, 3.63) is 59.4 Å². The van der Waals surface area contributed by atoms with E-state index in [4.69, 9.17) is 0 Å². The molecule has 0 spiro atoms. The van der Waals surface area contributed by atoms with E-state index in [2.05, 4.69) is 9.88 Å². The molecule has 0 saturated heterocycles. The molecule has 1 aliphatic heterocycles. The summed E-state index contributed by atoms with van der Waals surface area (Å²) in [6.07, 6.45) is 2.96. The van der Waals surface area contributed by atoms with Crippen LogP contribution >= 0.6 is 0 Å². The topological polar surface area (TPSA) is 17.0 Å². The van der Waals surface area contributed by atoms with Crippen LogP contribution in [0.25, 0.3) is 0 Å². The van der Waals surface area contributed by atoms with Gasteiger partial charge in [0.25, 0.3) is 0 Å². The average Bonchev–Trinajstić information content (AvgIpc) is 2.74. The van der Waals surface area contributed by atoms with Crippen molar-refractivity contribution in [3.63, 3.8) is 0 Å². The summed E-state index contributed by atoms with van der Waals surface area (Å²) in [6.45, 7) is 1.70. The van der Waals surface area contributed by atoms with Gasteiger partial charge in [-0.1, -0.05) is 12.1 Å². The number of aryl methyl sites for hydroxylation is 1. The maximum atomic E-state index is 13.9. The number of benzene rings is 1. The van der Waals surface area contributed by atoms with Crippen LogP contribution in [0.3, 0.4) is 0 Å². The molecule has 2 nitrogen and oxygen atoms in total. The molecular weight excluding hydrogens is 234 g/mol. The summed E-state index contributed by atoms with van der Waals surface area (Å²) in [7, 11) is 0. The molecule has 1 aromatic carbocycles. The smallest absolute Gasteiger partial charge is 0.163 e. The largest absolute Gasteiger partial charge is 0.350 e. The predicted molar refractivity (Wildman–Crippen MR) is 65.3 cm³/mol. The van der Waals surface area contributed by atoms with Gasteiger partial charge in [0.05, 0.1) is 6.04 Å². The third-order valence-electron chi connectivity index (χ3n) is 3.38. The molecule has 0 saturated carbocycles. The second-order valence-corrected chi connectivity index (χ2v) is 4.51. The van der Waals surface area contributed by atoms with Crippen LogP contribution in [0.1, 0.15) is 23.7 Å². The number of nitrogens with one attached hydrogen (secondary N) is 1. The first kappa shape index (κ1) is 11.4. The monoisotopic (exact) mass is 248 g/mol. The number of rotatable bonds is 1. The summed E-state index contributed by atoms with van der Waals surface area (Å²) in [5, 5.41) is 3.28. The van der Waals surface area contributed by atoms with Gasteiger partial charge in [-0.05, 0) is 31.2 Å². The van der Waals surface area contributed by atoms with Gasteiger partial charge in [0.2, 0.25) is 0 Å². The summed E-state index contributed by atoms with van der Waals surface area (Å²) >= 11 is 0. The van der Waals surface area contributed by atoms with Crippen molar-refractivity contribution >= 4 is 0 Å². The molecule has 1 aromatic heterocycles. The molecule has 1 aliphatic rings. The summed E-state index contributed by atoms with van der Waals surface area (Å²) < 4.78 is 29.3. The molecule has 0 bridgehead atoms. The van der Waals surface area contributed by atoms with Crippen LogP contribution in [-0.4, -0.2) is 11.1 Å². The molecule has 0 fully saturated rings. The quantitative estimate of drug-likeness (QED) is 0.821. The van der Waals surface area contributed by atoms with E-state index in [0.717, 1.165) is 31.3 Å². The Morgan fingerprint density at radius 3 is 2.94 bits per heavy atom. The molecule has 3 rings (SSSR count). The lowest BCUT2D eigenvalue weighted by Gasteiger charge is -2.18. The second kappa shape index (κ2) is 4.53.